The van der Waals surface area contributed by atoms with Gasteiger partial charge in [-0.1, -0.05) is 17.7 Å². The molecule has 14 heavy (non-hydrogen) atoms. The van der Waals surface area contributed by atoms with E-state index in [0.29, 0.717) is 0 Å². The first kappa shape index (κ1) is 10.8. The van der Waals surface area contributed by atoms with Crippen LogP contribution in [0.25, 0.3) is 0 Å². The summed E-state index contributed by atoms with van der Waals surface area (Å²) in [5, 5.41) is 9.04. The van der Waals surface area contributed by atoms with E-state index in [1.807, 2.05) is 0 Å². The summed E-state index contributed by atoms with van der Waals surface area (Å²) in [6.45, 7) is 0. The fraction of sp³-hybridized carbons (Fsp3) is 0.111. The third-order valence-electron chi connectivity index (χ3n) is 1.62. The number of nitrogens with two attached hydrogens (primary N) is 1. The second-order valence-electron chi connectivity index (χ2n) is 2.67. The molecule has 0 fully saturated rings. The van der Waals surface area contributed by atoms with Crippen LogP contribution in [0, 0.1) is 12.2 Å². The maximum atomic E-state index is 13.2. The number of carbonyl (C=O) groups excluding carboxylic acids is 1. The Bertz CT molecular complexity index is 368. The van der Waals surface area contributed by atoms with Crippen molar-refractivity contribution in [1.82, 2.24) is 0 Å². The summed E-state index contributed by atoms with van der Waals surface area (Å²) in [6.07, 6.45) is 1.20. The van der Waals surface area contributed by atoms with Crippen molar-refractivity contribution in [3.8, 4) is 5.75 Å². The highest BCUT2D eigenvalue weighted by Gasteiger charge is 2.11. The van der Waals surface area contributed by atoms with Crippen LogP contribution in [0.1, 0.15) is 12.0 Å². The van der Waals surface area contributed by atoms with Crippen LogP contribution >= 0.6 is 11.6 Å². The number of primary amides is 1. The van der Waals surface area contributed by atoms with Crippen LogP contribution in [0.15, 0.2) is 12.1 Å². The molecule has 1 aromatic rings. The summed E-state index contributed by atoms with van der Waals surface area (Å²) < 4.78 is 13.2. The largest absolute Gasteiger partial charge is 0.504 e. The molecule has 0 unspecified atom stereocenters. The van der Waals surface area contributed by atoms with Crippen molar-refractivity contribution in [3.63, 3.8) is 0 Å². The number of amides is 1. The average Bonchev–Trinajstić information content (AvgIpc) is 2.13. The monoisotopic (exact) mass is 216 g/mol. The molecule has 3 N–H and O–H groups in total. The Morgan fingerprint density at radius 1 is 1.64 bits per heavy atom. The van der Waals surface area contributed by atoms with Gasteiger partial charge in [-0.05, 0) is 11.6 Å². The van der Waals surface area contributed by atoms with Crippen LogP contribution in [0.3, 0.4) is 0 Å². The van der Waals surface area contributed by atoms with Gasteiger partial charge in [-0.25, -0.2) is 4.39 Å². The standard InChI is InChI=1S/C9H8ClFNO2/c10-6-3-1-5(2-4-7(12)13)8(11)9(6)14/h1-3,14H,4H2,(H2,12,13). The molecule has 1 radical (unpaired) electrons. The molecule has 0 aliphatic carbocycles. The third-order valence-corrected chi connectivity index (χ3v) is 1.92. The molecule has 0 saturated carbocycles. The number of rotatable bonds is 3. The van der Waals surface area contributed by atoms with Gasteiger partial charge < -0.3 is 10.8 Å². The van der Waals surface area contributed by atoms with Crippen molar-refractivity contribution >= 4 is 17.5 Å². The number of hydrogen-bond acceptors (Lipinski definition) is 2. The van der Waals surface area contributed by atoms with E-state index in [1.165, 1.54) is 18.6 Å². The third kappa shape index (κ3) is 2.35. The minimum atomic E-state index is -0.848. The van der Waals surface area contributed by atoms with Gasteiger partial charge in [-0.3, -0.25) is 4.79 Å². The Kier molecular flexibility index (Phi) is 3.30. The zero-order valence-electron chi connectivity index (χ0n) is 7.13. The van der Waals surface area contributed by atoms with Crippen molar-refractivity contribution in [2.45, 2.75) is 6.42 Å². The number of phenolic OH excluding ortho intramolecular Hbond substituents is 1. The molecule has 3 nitrogen and oxygen atoms in total. The summed E-state index contributed by atoms with van der Waals surface area (Å²) in [4.78, 5) is 10.4. The topological polar surface area (TPSA) is 63.3 Å². The lowest BCUT2D eigenvalue weighted by Gasteiger charge is -2.04. The van der Waals surface area contributed by atoms with Gasteiger partial charge in [0.05, 0.1) is 5.02 Å². The van der Waals surface area contributed by atoms with E-state index in [1.54, 1.807) is 0 Å². The van der Waals surface area contributed by atoms with E-state index in [0.717, 1.165) is 0 Å². The maximum absolute atomic E-state index is 13.2. The van der Waals surface area contributed by atoms with Gasteiger partial charge in [0, 0.05) is 12.8 Å². The quantitative estimate of drug-likeness (QED) is 0.806. The lowest BCUT2D eigenvalue weighted by atomic mass is 10.1. The molecule has 1 aromatic carbocycles. The summed E-state index contributed by atoms with van der Waals surface area (Å²) >= 11 is 5.45. The smallest absolute Gasteiger partial charge is 0.218 e. The van der Waals surface area contributed by atoms with Gasteiger partial charge in [0.1, 0.15) is 0 Å². The molecule has 0 bridgehead atoms. The molecule has 0 aromatic heterocycles. The molecular weight excluding hydrogens is 209 g/mol. The van der Waals surface area contributed by atoms with Gasteiger partial charge in [0.2, 0.25) is 5.91 Å². The molecular formula is C9H8ClFNO2. The van der Waals surface area contributed by atoms with Crippen molar-refractivity contribution < 1.29 is 14.3 Å². The van der Waals surface area contributed by atoms with Crippen LogP contribution in [-0.4, -0.2) is 11.0 Å². The molecule has 1 amide bonds. The van der Waals surface area contributed by atoms with Gasteiger partial charge in [0.15, 0.2) is 11.6 Å². The van der Waals surface area contributed by atoms with E-state index in [-0.39, 0.29) is 17.0 Å². The van der Waals surface area contributed by atoms with Crippen molar-refractivity contribution in [2.75, 3.05) is 0 Å². The fourth-order valence-electron chi connectivity index (χ4n) is 0.925. The maximum Gasteiger partial charge on any atom is 0.218 e. The van der Waals surface area contributed by atoms with Crippen LogP contribution < -0.4 is 5.73 Å². The van der Waals surface area contributed by atoms with E-state index in [4.69, 9.17) is 22.4 Å². The highest BCUT2D eigenvalue weighted by molar-refractivity contribution is 6.32. The van der Waals surface area contributed by atoms with E-state index < -0.39 is 17.5 Å². The van der Waals surface area contributed by atoms with E-state index in [9.17, 15) is 9.18 Å². The summed E-state index contributed by atoms with van der Waals surface area (Å²) in [7, 11) is 0. The van der Waals surface area contributed by atoms with Gasteiger partial charge in [-0.15, -0.1) is 0 Å². The second-order valence-corrected chi connectivity index (χ2v) is 3.08. The normalized spacial score (nSPS) is 10.1. The second kappa shape index (κ2) is 4.28. The number of carbonyl (C=O) groups is 1. The summed E-state index contributed by atoms with van der Waals surface area (Å²) in [5.74, 6) is -2.04. The molecule has 5 heteroatoms. The van der Waals surface area contributed by atoms with E-state index >= 15 is 0 Å². The van der Waals surface area contributed by atoms with Crippen LogP contribution in [0.4, 0.5) is 4.39 Å². The lowest BCUT2D eigenvalue weighted by Crippen LogP contribution is -2.10. The molecule has 75 valence electrons. The number of halogens is 2. The first-order valence-corrected chi connectivity index (χ1v) is 4.18. The fourth-order valence-corrected chi connectivity index (χ4v) is 1.07. The number of aromatic hydroxyl groups is 1. The SMILES string of the molecule is NC(=O)C[CH]c1ccc(Cl)c(O)c1F. The average molecular weight is 217 g/mol. The van der Waals surface area contributed by atoms with Gasteiger partial charge in [-0.2, -0.15) is 0 Å². The zero-order valence-corrected chi connectivity index (χ0v) is 7.88. The molecule has 0 aliphatic rings. The predicted molar refractivity (Wildman–Crippen MR) is 50.3 cm³/mol. The Balaban J connectivity index is 2.88. The Hall–Kier alpha value is -1.29. The molecule has 0 heterocycles. The van der Waals surface area contributed by atoms with Gasteiger partial charge >= 0.3 is 0 Å². The van der Waals surface area contributed by atoms with Crippen LogP contribution in [0.2, 0.25) is 5.02 Å². The highest BCUT2D eigenvalue weighted by Crippen LogP contribution is 2.29. The Morgan fingerprint density at radius 2 is 2.29 bits per heavy atom. The van der Waals surface area contributed by atoms with Crippen molar-refractivity contribution in [2.24, 2.45) is 5.73 Å². The summed E-state index contributed by atoms with van der Waals surface area (Å²) in [5.41, 5.74) is 4.98. The van der Waals surface area contributed by atoms with Crippen LogP contribution in [0.5, 0.6) is 5.75 Å². The minimum absolute atomic E-state index is 0.0706. The molecule has 0 atom stereocenters. The number of phenols is 1. The van der Waals surface area contributed by atoms with Crippen molar-refractivity contribution in [3.05, 3.63) is 35.0 Å². The Morgan fingerprint density at radius 3 is 2.86 bits per heavy atom. The van der Waals surface area contributed by atoms with Crippen molar-refractivity contribution in [1.29, 1.82) is 0 Å². The number of benzene rings is 1. The van der Waals surface area contributed by atoms with Gasteiger partial charge in [0.25, 0.3) is 0 Å². The first-order valence-electron chi connectivity index (χ1n) is 3.81. The molecule has 0 spiro atoms. The number of hydrogen-bond donors (Lipinski definition) is 2. The summed E-state index contributed by atoms with van der Waals surface area (Å²) in [6, 6.07) is 2.70. The molecule has 0 aliphatic heterocycles. The van der Waals surface area contributed by atoms with Crippen LogP contribution in [-0.2, 0) is 4.79 Å². The zero-order chi connectivity index (χ0) is 10.7. The molecule has 1 rings (SSSR count). The lowest BCUT2D eigenvalue weighted by molar-refractivity contribution is -0.117. The molecule has 0 saturated heterocycles. The first-order chi connectivity index (χ1) is 6.52. The Labute approximate surface area is 85.3 Å². The highest BCUT2D eigenvalue weighted by atomic mass is 35.5. The predicted octanol–water partition coefficient (Wildman–Crippen LogP) is 1.61. The van der Waals surface area contributed by atoms with E-state index in [2.05, 4.69) is 0 Å². The minimum Gasteiger partial charge on any atom is -0.504 e.